The first-order chi connectivity index (χ1) is 18.1. The van der Waals surface area contributed by atoms with Gasteiger partial charge >= 0.3 is 0 Å². The molecule has 190 valence electrons. The summed E-state index contributed by atoms with van der Waals surface area (Å²) in [6.45, 7) is 2.69. The van der Waals surface area contributed by atoms with Crippen LogP contribution in [0.25, 0.3) is 11.1 Å². The molecule has 1 aliphatic rings. The molecule has 4 aromatic rings. The predicted octanol–water partition coefficient (Wildman–Crippen LogP) is 5.68. The van der Waals surface area contributed by atoms with E-state index in [-0.39, 0.29) is 24.7 Å². The minimum atomic E-state index is -0.509. The number of hydrogen-bond acceptors (Lipinski definition) is 7. The maximum absolute atomic E-state index is 9.46. The van der Waals surface area contributed by atoms with E-state index in [1.165, 1.54) is 0 Å². The summed E-state index contributed by atoms with van der Waals surface area (Å²) < 4.78 is 13.1. The molecule has 0 saturated carbocycles. The highest BCUT2D eigenvalue weighted by Gasteiger charge is 2.38. The third kappa shape index (κ3) is 6.09. The van der Waals surface area contributed by atoms with Crippen molar-refractivity contribution < 1.29 is 14.6 Å². The molecule has 4 atom stereocenters. The molecule has 6 nitrogen and oxygen atoms in total. The summed E-state index contributed by atoms with van der Waals surface area (Å²) in [7, 11) is 0. The lowest BCUT2D eigenvalue weighted by Crippen LogP contribution is -2.38. The van der Waals surface area contributed by atoms with E-state index >= 15 is 0 Å². The molecule has 37 heavy (non-hydrogen) atoms. The van der Waals surface area contributed by atoms with E-state index in [0.29, 0.717) is 12.3 Å². The van der Waals surface area contributed by atoms with Crippen LogP contribution >= 0.6 is 11.8 Å². The van der Waals surface area contributed by atoms with Gasteiger partial charge in [-0.2, -0.15) is 0 Å². The summed E-state index contributed by atoms with van der Waals surface area (Å²) in [5.74, 6) is 0.811. The Balaban J connectivity index is 1.39. The summed E-state index contributed by atoms with van der Waals surface area (Å²) in [5.41, 5.74) is 12.1. The Kier molecular flexibility index (Phi) is 8.28. The Hall–Kier alpha value is -3.07. The second-order valence-corrected chi connectivity index (χ2v) is 10.2. The molecule has 0 spiro atoms. The molecular weight excluding hydrogens is 482 g/mol. The minimum absolute atomic E-state index is 0.0178. The van der Waals surface area contributed by atoms with Crippen molar-refractivity contribution in [2.75, 3.05) is 5.75 Å². The van der Waals surface area contributed by atoms with Crippen molar-refractivity contribution in [1.82, 2.24) is 9.97 Å². The highest BCUT2D eigenvalue weighted by Crippen LogP contribution is 2.43. The molecule has 4 unspecified atom stereocenters. The van der Waals surface area contributed by atoms with Crippen molar-refractivity contribution >= 4 is 11.8 Å². The van der Waals surface area contributed by atoms with Crippen molar-refractivity contribution in [3.8, 4) is 11.1 Å². The topological polar surface area (TPSA) is 90.5 Å². The SMILES string of the molecule is CC1C(CSc2ncccn2)OC(c2ccc(-c3cccc(CN)c3)cc2)OC1c1ccc(CO)cc1. The number of benzene rings is 3. The number of aliphatic hydroxyl groups excluding tert-OH is 1. The normalized spacial score (nSPS) is 21.6. The largest absolute Gasteiger partial charge is 0.392 e. The average Bonchev–Trinajstić information content (AvgIpc) is 2.97. The van der Waals surface area contributed by atoms with Crippen LogP contribution < -0.4 is 5.73 Å². The minimum Gasteiger partial charge on any atom is -0.392 e. The van der Waals surface area contributed by atoms with Crippen LogP contribution in [0, 0.1) is 5.92 Å². The van der Waals surface area contributed by atoms with E-state index in [4.69, 9.17) is 15.2 Å². The zero-order chi connectivity index (χ0) is 25.6. The van der Waals surface area contributed by atoms with Gasteiger partial charge in [0.1, 0.15) is 0 Å². The van der Waals surface area contributed by atoms with Crippen LogP contribution in [0.4, 0.5) is 0 Å². The molecule has 1 saturated heterocycles. The van der Waals surface area contributed by atoms with E-state index in [1.807, 2.05) is 42.5 Å². The lowest BCUT2D eigenvalue weighted by molar-refractivity contribution is -0.268. The average molecular weight is 514 g/mol. The molecule has 0 bridgehead atoms. The van der Waals surface area contributed by atoms with Crippen molar-refractivity contribution in [2.45, 2.75) is 43.7 Å². The summed E-state index contributed by atoms with van der Waals surface area (Å²) in [6.07, 6.45) is 2.77. The van der Waals surface area contributed by atoms with Gasteiger partial charge in [-0.1, -0.05) is 85.4 Å². The Morgan fingerprint density at radius 1 is 0.838 bits per heavy atom. The molecular formula is C30H31N3O3S. The van der Waals surface area contributed by atoms with Gasteiger partial charge in [-0.05, 0) is 39.9 Å². The molecule has 3 aromatic carbocycles. The first-order valence-electron chi connectivity index (χ1n) is 12.4. The summed E-state index contributed by atoms with van der Waals surface area (Å²) in [5, 5.41) is 10.2. The summed E-state index contributed by atoms with van der Waals surface area (Å²) >= 11 is 1.59. The monoisotopic (exact) mass is 513 g/mol. The molecule has 2 heterocycles. The molecule has 3 N–H and O–H groups in total. The van der Waals surface area contributed by atoms with Crippen LogP contribution in [0.1, 0.15) is 41.6 Å². The first-order valence-corrected chi connectivity index (χ1v) is 13.4. The number of thioether (sulfide) groups is 1. The Morgan fingerprint density at radius 3 is 2.27 bits per heavy atom. The highest BCUT2D eigenvalue weighted by atomic mass is 32.2. The number of hydrogen-bond donors (Lipinski definition) is 2. The highest BCUT2D eigenvalue weighted by molar-refractivity contribution is 7.99. The smallest absolute Gasteiger partial charge is 0.187 e. The van der Waals surface area contributed by atoms with Gasteiger partial charge in [-0.3, -0.25) is 0 Å². The van der Waals surface area contributed by atoms with E-state index in [2.05, 4.69) is 53.3 Å². The van der Waals surface area contributed by atoms with Gasteiger partial charge in [-0.15, -0.1) is 0 Å². The number of ether oxygens (including phenoxy) is 2. The number of aliphatic hydroxyl groups is 1. The fourth-order valence-electron chi connectivity index (χ4n) is 4.54. The van der Waals surface area contributed by atoms with Crippen LogP contribution in [0.15, 0.2) is 96.4 Å². The molecule has 1 aliphatic heterocycles. The van der Waals surface area contributed by atoms with E-state index < -0.39 is 6.29 Å². The molecule has 7 heteroatoms. The van der Waals surface area contributed by atoms with Gasteiger partial charge in [0.2, 0.25) is 0 Å². The Morgan fingerprint density at radius 2 is 1.57 bits per heavy atom. The lowest BCUT2D eigenvalue weighted by Gasteiger charge is -2.41. The van der Waals surface area contributed by atoms with Crippen molar-refractivity contribution in [3.63, 3.8) is 0 Å². The van der Waals surface area contributed by atoms with Gasteiger partial charge < -0.3 is 20.3 Å². The lowest BCUT2D eigenvalue weighted by atomic mass is 9.91. The van der Waals surface area contributed by atoms with E-state index in [1.54, 1.807) is 24.2 Å². The fraction of sp³-hybridized carbons (Fsp3) is 0.267. The zero-order valence-corrected chi connectivity index (χ0v) is 21.6. The number of rotatable bonds is 8. The standard InChI is InChI=1S/C30H31N3O3S/c1-20-27(19-37-30-32-14-3-15-33-30)35-29(36-28(20)24-8-6-21(18-34)7-9-24)25-12-10-23(11-13-25)26-5-2-4-22(16-26)17-31/h2-16,20,27-29,34H,17-19,31H2,1H3. The second kappa shape index (κ2) is 12.0. The number of nitrogens with two attached hydrogens (primary N) is 1. The third-order valence-corrected chi connectivity index (χ3v) is 7.69. The fourth-order valence-corrected chi connectivity index (χ4v) is 5.50. The third-order valence-electron chi connectivity index (χ3n) is 6.72. The maximum Gasteiger partial charge on any atom is 0.187 e. The van der Waals surface area contributed by atoms with Crippen molar-refractivity contribution in [3.05, 3.63) is 114 Å². The molecule has 1 fully saturated rings. The summed E-state index contributed by atoms with van der Waals surface area (Å²) in [4.78, 5) is 8.69. The Bertz CT molecular complexity index is 1290. The van der Waals surface area contributed by atoms with Gasteiger partial charge in [-0.25, -0.2) is 9.97 Å². The van der Waals surface area contributed by atoms with Gasteiger partial charge in [0.05, 0.1) is 18.8 Å². The quantitative estimate of drug-likeness (QED) is 0.231. The van der Waals surface area contributed by atoms with Gasteiger partial charge in [0.25, 0.3) is 0 Å². The molecule has 0 aliphatic carbocycles. The van der Waals surface area contributed by atoms with Crippen LogP contribution in [-0.4, -0.2) is 26.9 Å². The van der Waals surface area contributed by atoms with Gasteiger partial charge in [0, 0.05) is 36.2 Å². The summed E-state index contributed by atoms with van der Waals surface area (Å²) in [6, 6.07) is 26.4. The van der Waals surface area contributed by atoms with Crippen LogP contribution in [-0.2, 0) is 22.6 Å². The molecule has 1 aromatic heterocycles. The zero-order valence-electron chi connectivity index (χ0n) is 20.7. The van der Waals surface area contributed by atoms with E-state index in [0.717, 1.165) is 38.5 Å². The van der Waals surface area contributed by atoms with Crippen LogP contribution in [0.5, 0.6) is 0 Å². The second-order valence-electron chi connectivity index (χ2n) is 9.19. The number of aromatic nitrogens is 2. The maximum atomic E-state index is 9.46. The number of nitrogens with zero attached hydrogens (tertiary/aromatic N) is 2. The van der Waals surface area contributed by atoms with Crippen LogP contribution in [0.2, 0.25) is 0 Å². The van der Waals surface area contributed by atoms with Crippen molar-refractivity contribution in [1.29, 1.82) is 0 Å². The molecule has 0 amide bonds. The Labute approximate surface area is 221 Å². The predicted molar refractivity (Wildman–Crippen MR) is 145 cm³/mol. The molecule has 5 rings (SSSR count). The first kappa shape index (κ1) is 25.6. The van der Waals surface area contributed by atoms with Gasteiger partial charge in [0.15, 0.2) is 11.4 Å². The van der Waals surface area contributed by atoms with E-state index in [9.17, 15) is 5.11 Å². The van der Waals surface area contributed by atoms with Crippen molar-refractivity contribution in [2.24, 2.45) is 11.7 Å². The molecule has 0 radical (unpaired) electrons. The van der Waals surface area contributed by atoms with Crippen LogP contribution in [0.3, 0.4) is 0 Å².